The van der Waals surface area contributed by atoms with Crippen LogP contribution >= 0.6 is 15.9 Å². The predicted octanol–water partition coefficient (Wildman–Crippen LogP) is 6.91. The molecule has 166 valence electrons. The van der Waals surface area contributed by atoms with Crippen molar-refractivity contribution in [3.05, 3.63) is 109 Å². The van der Waals surface area contributed by atoms with Crippen molar-refractivity contribution >= 4 is 38.5 Å². The summed E-state index contributed by atoms with van der Waals surface area (Å²) in [4.78, 5) is 29.0. The normalized spacial score (nSPS) is 15.8. The van der Waals surface area contributed by atoms with Crippen LogP contribution in [0.1, 0.15) is 59.6 Å². The fraction of sp³-hybridized carbons (Fsp3) is 0.214. The SMILES string of the molecule is Cc1ccc2oc3c(c(=O)c2c1)C(c1ccc(C(C)(C)C)cc1)N(c1cccc(Br)c1)C3=O. The predicted molar refractivity (Wildman–Crippen MR) is 135 cm³/mol. The van der Waals surface area contributed by atoms with Gasteiger partial charge in [-0.1, -0.05) is 78.7 Å². The maximum atomic E-state index is 13.7. The number of benzene rings is 3. The molecule has 1 aromatic heterocycles. The van der Waals surface area contributed by atoms with Gasteiger partial charge in [0.1, 0.15) is 5.58 Å². The third kappa shape index (κ3) is 3.61. The summed E-state index contributed by atoms with van der Waals surface area (Å²) in [5, 5.41) is 0.494. The van der Waals surface area contributed by atoms with E-state index in [2.05, 4.69) is 48.8 Å². The number of rotatable bonds is 2. The van der Waals surface area contributed by atoms with Gasteiger partial charge in [-0.2, -0.15) is 0 Å². The minimum atomic E-state index is -0.572. The van der Waals surface area contributed by atoms with Crippen molar-refractivity contribution < 1.29 is 9.21 Å². The van der Waals surface area contributed by atoms with Crippen LogP contribution in [-0.4, -0.2) is 5.91 Å². The van der Waals surface area contributed by atoms with E-state index < -0.39 is 6.04 Å². The Kier molecular flexibility index (Phi) is 5.05. The molecular formula is C28H24BrNO3. The molecule has 1 aliphatic rings. The van der Waals surface area contributed by atoms with Crippen molar-refractivity contribution in [1.29, 1.82) is 0 Å². The smallest absolute Gasteiger partial charge is 0.295 e. The highest BCUT2D eigenvalue weighted by molar-refractivity contribution is 9.10. The Balaban J connectivity index is 1.78. The first kappa shape index (κ1) is 21.7. The largest absolute Gasteiger partial charge is 0.450 e. The first-order valence-electron chi connectivity index (χ1n) is 10.9. The molecule has 0 spiro atoms. The first-order valence-corrected chi connectivity index (χ1v) is 11.7. The molecule has 3 aromatic carbocycles. The number of aryl methyl sites for hydroxylation is 1. The van der Waals surface area contributed by atoms with Gasteiger partial charge in [-0.25, -0.2) is 0 Å². The van der Waals surface area contributed by atoms with Gasteiger partial charge in [0.15, 0.2) is 5.43 Å². The van der Waals surface area contributed by atoms with Crippen molar-refractivity contribution in [2.75, 3.05) is 4.90 Å². The second kappa shape index (κ2) is 7.70. The Morgan fingerprint density at radius 1 is 0.939 bits per heavy atom. The second-order valence-corrected chi connectivity index (χ2v) is 10.5. The minimum Gasteiger partial charge on any atom is -0.450 e. The summed E-state index contributed by atoms with van der Waals surface area (Å²) in [7, 11) is 0. The lowest BCUT2D eigenvalue weighted by Crippen LogP contribution is -2.29. The number of fused-ring (bicyclic) bond motifs is 2. The molecule has 1 unspecified atom stereocenters. The molecule has 2 heterocycles. The van der Waals surface area contributed by atoms with E-state index in [4.69, 9.17) is 4.42 Å². The van der Waals surface area contributed by atoms with E-state index in [9.17, 15) is 9.59 Å². The quantitative estimate of drug-likeness (QED) is 0.299. The topological polar surface area (TPSA) is 50.5 Å². The van der Waals surface area contributed by atoms with Crippen LogP contribution in [-0.2, 0) is 5.41 Å². The van der Waals surface area contributed by atoms with Crippen LogP contribution in [0.15, 0.2) is 80.4 Å². The summed E-state index contributed by atoms with van der Waals surface area (Å²) in [5.41, 5.74) is 4.38. The number of carbonyl (C=O) groups excluding carboxylic acids is 1. The summed E-state index contributed by atoms with van der Waals surface area (Å²) >= 11 is 3.51. The fourth-order valence-electron chi connectivity index (χ4n) is 4.46. The molecule has 33 heavy (non-hydrogen) atoms. The highest BCUT2D eigenvalue weighted by atomic mass is 79.9. The van der Waals surface area contributed by atoms with Crippen LogP contribution in [0.3, 0.4) is 0 Å². The van der Waals surface area contributed by atoms with E-state index >= 15 is 0 Å². The average molecular weight is 502 g/mol. The number of halogens is 1. The fourth-order valence-corrected chi connectivity index (χ4v) is 4.85. The molecule has 1 aliphatic heterocycles. The maximum Gasteiger partial charge on any atom is 0.295 e. The van der Waals surface area contributed by atoms with E-state index in [1.54, 1.807) is 11.0 Å². The molecule has 0 N–H and O–H groups in total. The highest BCUT2D eigenvalue weighted by Gasteiger charge is 2.43. The van der Waals surface area contributed by atoms with Crippen LogP contribution in [0.4, 0.5) is 5.69 Å². The van der Waals surface area contributed by atoms with E-state index in [-0.39, 0.29) is 22.5 Å². The maximum absolute atomic E-state index is 13.7. The average Bonchev–Trinajstić information content (AvgIpc) is 3.06. The molecule has 0 fully saturated rings. The Bertz CT molecular complexity index is 1460. The Hall–Kier alpha value is -3.18. The molecule has 5 heteroatoms. The van der Waals surface area contributed by atoms with Crippen molar-refractivity contribution in [2.24, 2.45) is 0 Å². The summed E-state index contributed by atoms with van der Waals surface area (Å²) in [5.74, 6) is -0.200. The lowest BCUT2D eigenvalue weighted by atomic mass is 9.86. The van der Waals surface area contributed by atoms with Gasteiger partial charge in [-0.3, -0.25) is 14.5 Å². The first-order chi connectivity index (χ1) is 15.6. The summed E-state index contributed by atoms with van der Waals surface area (Å²) in [6, 6.07) is 20.6. The molecule has 0 bridgehead atoms. The number of amides is 1. The molecule has 0 saturated carbocycles. The van der Waals surface area contributed by atoms with Gasteiger partial charge >= 0.3 is 0 Å². The Morgan fingerprint density at radius 3 is 2.33 bits per heavy atom. The zero-order valence-corrected chi connectivity index (χ0v) is 20.6. The van der Waals surface area contributed by atoms with Crippen molar-refractivity contribution in [3.63, 3.8) is 0 Å². The van der Waals surface area contributed by atoms with Gasteiger partial charge in [0.2, 0.25) is 5.76 Å². The zero-order valence-electron chi connectivity index (χ0n) is 19.0. The number of anilines is 1. The monoisotopic (exact) mass is 501 g/mol. The van der Waals surface area contributed by atoms with Crippen LogP contribution in [0.25, 0.3) is 11.0 Å². The number of carbonyl (C=O) groups is 1. The number of nitrogens with zero attached hydrogens (tertiary/aromatic N) is 1. The molecule has 4 aromatic rings. The molecule has 1 atom stereocenters. The van der Waals surface area contributed by atoms with Gasteiger partial charge in [-0.05, 0) is 53.8 Å². The van der Waals surface area contributed by atoms with E-state index in [1.165, 1.54) is 5.56 Å². The van der Waals surface area contributed by atoms with Crippen LogP contribution in [0.2, 0.25) is 0 Å². The van der Waals surface area contributed by atoms with Crippen LogP contribution in [0.5, 0.6) is 0 Å². The zero-order chi connectivity index (χ0) is 23.5. The molecule has 0 saturated heterocycles. The van der Waals surface area contributed by atoms with Crippen LogP contribution in [0, 0.1) is 6.92 Å². The van der Waals surface area contributed by atoms with Crippen LogP contribution < -0.4 is 10.3 Å². The minimum absolute atomic E-state index is 0.00132. The van der Waals surface area contributed by atoms with Crippen molar-refractivity contribution in [3.8, 4) is 0 Å². The van der Waals surface area contributed by atoms with Crippen molar-refractivity contribution in [2.45, 2.75) is 39.2 Å². The van der Waals surface area contributed by atoms with Gasteiger partial charge in [-0.15, -0.1) is 0 Å². The Labute approximate surface area is 201 Å². The molecule has 1 amide bonds. The van der Waals surface area contributed by atoms with Crippen molar-refractivity contribution in [1.82, 2.24) is 0 Å². The molecule has 0 aliphatic carbocycles. The summed E-state index contributed by atoms with van der Waals surface area (Å²) < 4.78 is 6.91. The van der Waals surface area contributed by atoms with Gasteiger partial charge < -0.3 is 4.42 Å². The van der Waals surface area contributed by atoms with E-state index in [0.717, 1.165) is 15.6 Å². The van der Waals surface area contributed by atoms with E-state index in [1.807, 2.05) is 55.5 Å². The lowest BCUT2D eigenvalue weighted by molar-refractivity contribution is 0.0971. The third-order valence-corrected chi connectivity index (χ3v) is 6.70. The molecule has 4 nitrogen and oxygen atoms in total. The molecule has 5 rings (SSSR count). The lowest BCUT2D eigenvalue weighted by Gasteiger charge is -2.26. The van der Waals surface area contributed by atoms with Gasteiger partial charge in [0.05, 0.1) is 17.0 Å². The summed E-state index contributed by atoms with van der Waals surface area (Å²) in [6.07, 6.45) is 0. The second-order valence-electron chi connectivity index (χ2n) is 9.60. The third-order valence-electron chi connectivity index (χ3n) is 6.20. The van der Waals surface area contributed by atoms with Gasteiger partial charge in [0, 0.05) is 10.2 Å². The van der Waals surface area contributed by atoms with Gasteiger partial charge in [0.25, 0.3) is 5.91 Å². The Morgan fingerprint density at radius 2 is 1.67 bits per heavy atom. The standard InChI is InChI=1S/C28H24BrNO3/c1-16-8-13-22-21(14-16)25(31)23-24(17-9-11-18(12-10-17)28(2,3)4)30(27(32)26(23)33-22)20-7-5-6-19(29)15-20/h5-15,24H,1-4H3. The molecular weight excluding hydrogens is 478 g/mol. The number of hydrogen-bond donors (Lipinski definition) is 0. The summed E-state index contributed by atoms with van der Waals surface area (Å²) in [6.45, 7) is 8.42. The number of hydrogen-bond acceptors (Lipinski definition) is 3. The highest BCUT2D eigenvalue weighted by Crippen LogP contribution is 2.42. The molecule has 0 radical (unpaired) electrons. The van der Waals surface area contributed by atoms with E-state index in [0.29, 0.717) is 22.2 Å².